The standard InChI is InChI=1S/C34H29NS/c1-24-17-19-26(20-18-24)29-22-21-28(23-25(29)2)35(27-11-6-5-7-12-27)32-15-10-14-31-30-13-8-3-4-9-16-33(30)36-34(31)32/h5-7,9-12,14-22,25H,4,13,23H2,1-2H3/b16-9-. The number of aryl methyl sites for hydroxylation is 1. The third-order valence-electron chi connectivity index (χ3n) is 7.14. The molecule has 2 aliphatic carbocycles. The van der Waals surface area contributed by atoms with Crippen molar-refractivity contribution in [1.29, 1.82) is 0 Å². The molecule has 0 saturated carbocycles. The van der Waals surface area contributed by atoms with Crippen LogP contribution in [0.1, 0.15) is 41.3 Å². The van der Waals surface area contributed by atoms with Crippen LogP contribution in [0.15, 0.2) is 96.7 Å². The second-order valence-corrected chi connectivity index (χ2v) is 10.7. The number of hydrogen-bond donors (Lipinski definition) is 0. The zero-order chi connectivity index (χ0) is 24.5. The van der Waals surface area contributed by atoms with Crippen molar-refractivity contribution in [3.63, 3.8) is 0 Å². The Morgan fingerprint density at radius 2 is 1.72 bits per heavy atom. The molecule has 0 radical (unpaired) electrons. The molecule has 0 N–H and O–H groups in total. The van der Waals surface area contributed by atoms with E-state index < -0.39 is 0 Å². The molecule has 0 aliphatic heterocycles. The third-order valence-corrected chi connectivity index (χ3v) is 8.37. The summed E-state index contributed by atoms with van der Waals surface area (Å²) in [6.45, 7) is 4.50. The summed E-state index contributed by atoms with van der Waals surface area (Å²) >= 11 is 1.90. The lowest BCUT2D eigenvalue weighted by Crippen LogP contribution is -2.20. The van der Waals surface area contributed by atoms with E-state index in [1.165, 1.54) is 54.3 Å². The van der Waals surface area contributed by atoms with Crippen LogP contribution in [0.25, 0.3) is 21.7 Å². The Hall–Kier alpha value is -3.80. The Kier molecular flexibility index (Phi) is 6.09. The molecular formula is C34H29NS. The minimum absolute atomic E-state index is 0.430. The zero-order valence-electron chi connectivity index (χ0n) is 20.8. The number of rotatable bonds is 4. The van der Waals surface area contributed by atoms with E-state index in [-0.39, 0.29) is 0 Å². The van der Waals surface area contributed by atoms with E-state index in [1.807, 2.05) is 11.3 Å². The summed E-state index contributed by atoms with van der Waals surface area (Å²) in [5.41, 5.74) is 9.17. The van der Waals surface area contributed by atoms with Gasteiger partial charge in [-0.15, -0.1) is 11.3 Å². The first-order valence-electron chi connectivity index (χ1n) is 12.7. The summed E-state index contributed by atoms with van der Waals surface area (Å²) in [6.07, 6.45) is 11.8. The highest BCUT2D eigenvalue weighted by Gasteiger charge is 2.25. The van der Waals surface area contributed by atoms with Gasteiger partial charge in [0.1, 0.15) is 0 Å². The van der Waals surface area contributed by atoms with Gasteiger partial charge in [-0.2, -0.15) is 0 Å². The van der Waals surface area contributed by atoms with Crippen molar-refractivity contribution in [3.05, 3.63) is 118 Å². The molecule has 1 heterocycles. The summed E-state index contributed by atoms with van der Waals surface area (Å²) in [4.78, 5) is 3.81. The Bertz CT molecular complexity index is 1570. The molecule has 1 atom stereocenters. The van der Waals surface area contributed by atoms with Crippen LogP contribution in [0.2, 0.25) is 0 Å². The zero-order valence-corrected chi connectivity index (χ0v) is 21.6. The molecule has 2 heteroatoms. The summed E-state index contributed by atoms with van der Waals surface area (Å²) in [6, 6.07) is 26.5. The first-order valence-corrected chi connectivity index (χ1v) is 13.5. The second kappa shape index (κ2) is 9.69. The third kappa shape index (κ3) is 4.21. The summed E-state index contributed by atoms with van der Waals surface area (Å²) in [5.74, 6) is 7.06. The molecule has 2 aliphatic rings. The van der Waals surface area contributed by atoms with Crippen LogP contribution in [0, 0.1) is 24.7 Å². The lowest BCUT2D eigenvalue weighted by Gasteiger charge is -2.32. The molecule has 0 amide bonds. The number of hydrogen-bond acceptors (Lipinski definition) is 2. The van der Waals surface area contributed by atoms with Gasteiger partial charge >= 0.3 is 0 Å². The maximum atomic E-state index is 3.37. The van der Waals surface area contributed by atoms with Gasteiger partial charge < -0.3 is 4.90 Å². The lowest BCUT2D eigenvalue weighted by atomic mass is 9.86. The van der Waals surface area contributed by atoms with Crippen LogP contribution in [-0.2, 0) is 6.42 Å². The molecule has 1 aromatic heterocycles. The molecule has 0 fully saturated rings. The topological polar surface area (TPSA) is 3.24 Å². The van der Waals surface area contributed by atoms with Crippen LogP contribution < -0.4 is 4.90 Å². The van der Waals surface area contributed by atoms with Gasteiger partial charge in [-0.3, -0.25) is 0 Å². The molecule has 4 aromatic rings. The van der Waals surface area contributed by atoms with Gasteiger partial charge in [0.15, 0.2) is 0 Å². The van der Waals surface area contributed by atoms with Crippen LogP contribution in [-0.4, -0.2) is 0 Å². The predicted octanol–water partition coefficient (Wildman–Crippen LogP) is 9.32. The van der Waals surface area contributed by atoms with Gasteiger partial charge in [0.25, 0.3) is 0 Å². The SMILES string of the molecule is Cc1ccc(C2=CC=C(N(c3ccccc3)c3cccc4c5c(sc34)/C=C\CC#CC5)CC2C)cc1. The van der Waals surface area contributed by atoms with Crippen LogP contribution >= 0.6 is 11.3 Å². The number of para-hydroxylation sites is 1. The molecule has 36 heavy (non-hydrogen) atoms. The minimum Gasteiger partial charge on any atom is -0.313 e. The van der Waals surface area contributed by atoms with Gasteiger partial charge in [-0.05, 0) is 71.7 Å². The van der Waals surface area contributed by atoms with E-state index in [1.54, 1.807) is 0 Å². The Morgan fingerprint density at radius 3 is 2.53 bits per heavy atom. The van der Waals surface area contributed by atoms with E-state index in [0.717, 1.165) is 19.3 Å². The second-order valence-electron chi connectivity index (χ2n) is 9.66. The molecule has 0 spiro atoms. The minimum atomic E-state index is 0.430. The highest BCUT2D eigenvalue weighted by molar-refractivity contribution is 7.20. The number of nitrogens with zero attached hydrogens (tertiary/aromatic N) is 1. The van der Waals surface area contributed by atoms with E-state index >= 15 is 0 Å². The molecule has 1 nitrogen and oxygen atoms in total. The summed E-state index contributed by atoms with van der Waals surface area (Å²) < 4.78 is 1.33. The van der Waals surface area contributed by atoms with Crippen molar-refractivity contribution in [1.82, 2.24) is 0 Å². The summed E-state index contributed by atoms with van der Waals surface area (Å²) in [5, 5.41) is 1.33. The normalized spacial score (nSPS) is 17.7. The maximum absolute atomic E-state index is 3.37. The van der Waals surface area contributed by atoms with Crippen molar-refractivity contribution in [2.24, 2.45) is 5.92 Å². The van der Waals surface area contributed by atoms with Gasteiger partial charge in [-0.1, -0.05) is 91.1 Å². The van der Waals surface area contributed by atoms with E-state index in [9.17, 15) is 0 Å². The van der Waals surface area contributed by atoms with Crippen molar-refractivity contribution in [3.8, 4) is 11.8 Å². The average Bonchev–Trinajstić information content (AvgIpc) is 3.22. The molecule has 0 saturated heterocycles. The fraction of sp³-hybridized carbons (Fsp3) is 0.176. The average molecular weight is 484 g/mol. The van der Waals surface area contributed by atoms with Crippen molar-refractivity contribution >= 4 is 44.4 Å². The first-order chi connectivity index (χ1) is 17.7. The predicted molar refractivity (Wildman–Crippen MR) is 157 cm³/mol. The Morgan fingerprint density at radius 1 is 0.889 bits per heavy atom. The van der Waals surface area contributed by atoms with Gasteiger partial charge in [0.05, 0.1) is 10.4 Å². The van der Waals surface area contributed by atoms with E-state index in [4.69, 9.17) is 0 Å². The smallest absolute Gasteiger partial charge is 0.0637 e. The highest BCUT2D eigenvalue weighted by Crippen LogP contribution is 2.45. The number of allylic oxidation sites excluding steroid dienone is 5. The van der Waals surface area contributed by atoms with Crippen molar-refractivity contribution in [2.75, 3.05) is 4.90 Å². The van der Waals surface area contributed by atoms with Crippen molar-refractivity contribution < 1.29 is 0 Å². The van der Waals surface area contributed by atoms with Gasteiger partial charge in [0.2, 0.25) is 0 Å². The molecule has 3 aromatic carbocycles. The largest absolute Gasteiger partial charge is 0.313 e. The van der Waals surface area contributed by atoms with Gasteiger partial charge in [-0.25, -0.2) is 0 Å². The summed E-state index contributed by atoms with van der Waals surface area (Å²) in [7, 11) is 0. The number of thiophene rings is 1. The maximum Gasteiger partial charge on any atom is 0.0637 e. The highest BCUT2D eigenvalue weighted by atomic mass is 32.1. The van der Waals surface area contributed by atoms with Crippen molar-refractivity contribution in [2.45, 2.75) is 33.1 Å². The van der Waals surface area contributed by atoms with Gasteiger partial charge in [0, 0.05) is 29.1 Å². The first kappa shape index (κ1) is 22.7. The molecule has 0 bridgehead atoms. The lowest BCUT2D eigenvalue weighted by molar-refractivity contribution is 0.716. The molecule has 1 unspecified atom stereocenters. The number of fused-ring (bicyclic) bond motifs is 3. The quantitative estimate of drug-likeness (QED) is 0.261. The van der Waals surface area contributed by atoms with Crippen LogP contribution in [0.3, 0.4) is 0 Å². The van der Waals surface area contributed by atoms with Crippen LogP contribution in [0.4, 0.5) is 11.4 Å². The fourth-order valence-electron chi connectivity index (χ4n) is 5.29. The van der Waals surface area contributed by atoms with E-state index in [0.29, 0.717) is 5.92 Å². The van der Waals surface area contributed by atoms with E-state index in [2.05, 4.69) is 128 Å². The molecule has 176 valence electrons. The van der Waals surface area contributed by atoms with Crippen LogP contribution in [0.5, 0.6) is 0 Å². The number of anilines is 2. The molecule has 6 rings (SSSR count). The number of benzene rings is 3. The fourth-order valence-corrected chi connectivity index (χ4v) is 6.54. The Balaban J connectivity index is 1.50. The Labute approximate surface area is 218 Å². The monoisotopic (exact) mass is 483 g/mol. The molecular weight excluding hydrogens is 454 g/mol.